The Morgan fingerprint density at radius 2 is 2.40 bits per heavy atom. The van der Waals surface area contributed by atoms with E-state index in [9.17, 15) is 9.90 Å². The highest BCUT2D eigenvalue weighted by Gasteiger charge is 2.27. The molecule has 0 unspecified atom stereocenters. The number of rotatable bonds is 3. The van der Waals surface area contributed by atoms with E-state index in [-0.39, 0.29) is 11.7 Å². The number of nitrogens with zero attached hydrogens (tertiary/aromatic N) is 4. The smallest absolute Gasteiger partial charge is 0.352 e. The van der Waals surface area contributed by atoms with Crippen molar-refractivity contribution < 1.29 is 9.90 Å². The molecule has 1 aliphatic heterocycles. The van der Waals surface area contributed by atoms with Gasteiger partial charge in [0.1, 0.15) is 11.7 Å². The van der Waals surface area contributed by atoms with Crippen LogP contribution in [0.2, 0.25) is 0 Å². The maximum atomic E-state index is 11.2. The summed E-state index contributed by atoms with van der Waals surface area (Å²) >= 11 is 1.40. The normalized spacial score (nSPS) is 17.1. The van der Waals surface area contributed by atoms with Crippen molar-refractivity contribution in [1.82, 2.24) is 19.7 Å². The fourth-order valence-electron chi connectivity index (χ4n) is 1.97. The zero-order chi connectivity index (χ0) is 14.1. The number of nitrogens with one attached hydrogen (secondary N) is 1. The number of aliphatic carboxylic acids is 1. The van der Waals surface area contributed by atoms with Crippen molar-refractivity contribution in [1.29, 1.82) is 0 Å². The lowest BCUT2D eigenvalue weighted by molar-refractivity contribution is -0.132. The maximum Gasteiger partial charge on any atom is 0.352 e. The minimum absolute atomic E-state index is 0.0893. The number of carboxylic acid groups (broad SMARTS) is 1. The van der Waals surface area contributed by atoms with Crippen molar-refractivity contribution in [2.45, 2.75) is 11.2 Å². The van der Waals surface area contributed by atoms with Crippen molar-refractivity contribution >= 4 is 23.7 Å². The summed E-state index contributed by atoms with van der Waals surface area (Å²) < 4.78 is 1.66. The Kier molecular flexibility index (Phi) is 3.15. The molecule has 2 aromatic rings. The summed E-state index contributed by atoms with van der Waals surface area (Å²) in [5, 5.41) is 16.9. The molecule has 3 rings (SSSR count). The van der Waals surface area contributed by atoms with Crippen LogP contribution in [0.5, 0.6) is 0 Å². The van der Waals surface area contributed by atoms with Gasteiger partial charge < -0.3 is 10.4 Å². The first-order chi connectivity index (χ1) is 9.69. The van der Waals surface area contributed by atoms with Crippen LogP contribution in [0.3, 0.4) is 0 Å². The van der Waals surface area contributed by atoms with Crippen molar-refractivity contribution in [2.24, 2.45) is 0 Å². The van der Waals surface area contributed by atoms with Crippen molar-refractivity contribution in [3.63, 3.8) is 0 Å². The third kappa shape index (κ3) is 2.14. The van der Waals surface area contributed by atoms with Gasteiger partial charge in [-0.2, -0.15) is 4.98 Å². The van der Waals surface area contributed by atoms with Crippen molar-refractivity contribution in [3.05, 3.63) is 41.9 Å². The van der Waals surface area contributed by atoms with E-state index in [1.807, 2.05) is 12.3 Å². The largest absolute Gasteiger partial charge is 0.477 e. The fraction of sp³-hybridized carbons (Fsp3) is 0.167. The first kappa shape index (κ1) is 12.7. The number of fused-ring (bicyclic) bond motifs is 1. The van der Waals surface area contributed by atoms with Gasteiger partial charge in [-0.05, 0) is 24.0 Å². The molecule has 20 heavy (non-hydrogen) atoms. The van der Waals surface area contributed by atoms with E-state index in [0.717, 1.165) is 5.56 Å². The number of anilines is 1. The predicted molar refractivity (Wildman–Crippen MR) is 73.5 cm³/mol. The first-order valence-corrected chi connectivity index (χ1v) is 7.04. The number of carbonyl (C=O) groups is 1. The second kappa shape index (κ2) is 4.97. The van der Waals surface area contributed by atoms with Crippen LogP contribution in [-0.4, -0.2) is 37.1 Å². The molecule has 0 radical (unpaired) electrons. The number of hydrogen-bond acceptors (Lipinski definition) is 6. The summed E-state index contributed by atoms with van der Waals surface area (Å²) in [5.41, 5.74) is 0.943. The van der Waals surface area contributed by atoms with E-state index >= 15 is 0 Å². The number of allylic oxidation sites excluding steroid dienone is 1. The standard InChI is InChI=1S/C12H11N5O2S/c1-20-12-15-11-14-8(10(18)19)5-9(17(11)16-12)7-3-2-4-13-6-7/h2-6,9H,1H3,(H,18,19)(H,14,15,16)/t9-/m1/s1. The molecule has 0 bridgehead atoms. The van der Waals surface area contributed by atoms with Crippen LogP contribution in [0.1, 0.15) is 11.6 Å². The molecular formula is C12H11N5O2S. The van der Waals surface area contributed by atoms with Gasteiger partial charge >= 0.3 is 5.97 Å². The summed E-state index contributed by atoms with van der Waals surface area (Å²) in [6.07, 6.45) is 6.83. The molecule has 0 saturated heterocycles. The topological polar surface area (TPSA) is 92.9 Å². The third-order valence-electron chi connectivity index (χ3n) is 2.89. The first-order valence-electron chi connectivity index (χ1n) is 5.81. The molecule has 8 heteroatoms. The van der Waals surface area contributed by atoms with Crippen LogP contribution >= 0.6 is 11.8 Å². The number of pyridine rings is 1. The minimum Gasteiger partial charge on any atom is -0.477 e. The van der Waals surface area contributed by atoms with Crippen LogP contribution in [0.15, 0.2) is 41.5 Å². The molecule has 0 fully saturated rings. The Morgan fingerprint density at radius 3 is 3.05 bits per heavy atom. The molecule has 7 nitrogen and oxygen atoms in total. The van der Waals surface area contributed by atoms with Crippen LogP contribution in [0.25, 0.3) is 0 Å². The summed E-state index contributed by atoms with van der Waals surface area (Å²) in [6, 6.07) is 3.35. The molecule has 0 saturated carbocycles. The number of thioether (sulfide) groups is 1. The molecule has 3 heterocycles. The molecule has 0 amide bonds. The number of aromatic nitrogens is 4. The minimum atomic E-state index is -1.03. The Balaban J connectivity index is 2.11. The van der Waals surface area contributed by atoms with Gasteiger partial charge in [0.15, 0.2) is 0 Å². The molecule has 0 aromatic carbocycles. The van der Waals surface area contributed by atoms with E-state index in [1.54, 1.807) is 29.2 Å². The average Bonchev–Trinajstić information content (AvgIpc) is 2.90. The lowest BCUT2D eigenvalue weighted by Crippen LogP contribution is -2.24. The van der Waals surface area contributed by atoms with Crippen molar-refractivity contribution in [2.75, 3.05) is 11.6 Å². The van der Waals surface area contributed by atoms with Gasteiger partial charge in [0.25, 0.3) is 0 Å². The molecule has 2 N–H and O–H groups in total. The predicted octanol–water partition coefficient (Wildman–Crippen LogP) is 1.38. The Morgan fingerprint density at radius 1 is 1.55 bits per heavy atom. The molecule has 1 aliphatic rings. The summed E-state index contributed by atoms with van der Waals surface area (Å²) in [7, 11) is 0. The van der Waals surface area contributed by atoms with Gasteiger partial charge in [-0.25, -0.2) is 9.48 Å². The summed E-state index contributed by atoms with van der Waals surface area (Å²) in [5.74, 6) is -0.609. The highest BCUT2D eigenvalue weighted by Crippen LogP contribution is 2.29. The molecule has 1 atom stereocenters. The van der Waals surface area contributed by atoms with Gasteiger partial charge in [0.05, 0.1) is 0 Å². The molecule has 2 aromatic heterocycles. The summed E-state index contributed by atoms with van der Waals surface area (Å²) in [4.78, 5) is 19.5. The van der Waals surface area contributed by atoms with Crippen LogP contribution in [0.4, 0.5) is 5.95 Å². The SMILES string of the molecule is CSc1nc2n(n1)[C@@H](c1cccnc1)C=C(C(=O)O)N2. The van der Waals surface area contributed by atoms with Crippen LogP contribution < -0.4 is 5.32 Å². The summed E-state index contributed by atoms with van der Waals surface area (Å²) in [6.45, 7) is 0. The van der Waals surface area contributed by atoms with E-state index < -0.39 is 5.97 Å². The fourth-order valence-corrected chi connectivity index (χ4v) is 2.32. The van der Waals surface area contributed by atoms with Crippen molar-refractivity contribution in [3.8, 4) is 0 Å². The zero-order valence-electron chi connectivity index (χ0n) is 10.5. The Labute approximate surface area is 118 Å². The average molecular weight is 289 g/mol. The van der Waals surface area contributed by atoms with E-state index in [0.29, 0.717) is 11.1 Å². The van der Waals surface area contributed by atoms with E-state index in [2.05, 4.69) is 20.4 Å². The van der Waals surface area contributed by atoms with Gasteiger partial charge in [0.2, 0.25) is 11.1 Å². The highest BCUT2D eigenvalue weighted by molar-refractivity contribution is 7.98. The molecular weight excluding hydrogens is 278 g/mol. The molecule has 0 aliphatic carbocycles. The Hall–Kier alpha value is -2.35. The van der Waals surface area contributed by atoms with E-state index in [1.165, 1.54) is 11.8 Å². The zero-order valence-corrected chi connectivity index (χ0v) is 11.3. The van der Waals surface area contributed by atoms with Gasteiger partial charge in [0, 0.05) is 12.4 Å². The van der Waals surface area contributed by atoms with Gasteiger partial charge in [-0.15, -0.1) is 5.10 Å². The van der Waals surface area contributed by atoms with Gasteiger partial charge in [-0.3, -0.25) is 4.98 Å². The lowest BCUT2D eigenvalue weighted by Gasteiger charge is -2.21. The third-order valence-corrected chi connectivity index (χ3v) is 3.42. The van der Waals surface area contributed by atoms with Gasteiger partial charge in [-0.1, -0.05) is 17.8 Å². The molecule has 0 spiro atoms. The van der Waals surface area contributed by atoms with Crippen LogP contribution in [-0.2, 0) is 4.79 Å². The lowest BCUT2D eigenvalue weighted by atomic mass is 10.1. The second-order valence-electron chi connectivity index (χ2n) is 4.11. The monoisotopic (exact) mass is 289 g/mol. The maximum absolute atomic E-state index is 11.2. The number of hydrogen-bond donors (Lipinski definition) is 2. The second-order valence-corrected chi connectivity index (χ2v) is 4.88. The molecule has 102 valence electrons. The van der Waals surface area contributed by atoms with E-state index in [4.69, 9.17) is 0 Å². The van der Waals surface area contributed by atoms with Crippen LogP contribution in [0, 0.1) is 0 Å². The highest BCUT2D eigenvalue weighted by atomic mass is 32.2. The quantitative estimate of drug-likeness (QED) is 0.824. The Bertz CT molecular complexity index is 682. The number of carboxylic acids is 1.